The number of benzene rings is 1. The third kappa shape index (κ3) is 2.66. The lowest BCUT2D eigenvalue weighted by Crippen LogP contribution is -2.41. The van der Waals surface area contributed by atoms with Gasteiger partial charge in [-0.05, 0) is 38.6 Å². The highest BCUT2D eigenvalue weighted by molar-refractivity contribution is 9.10. The molecule has 2 atom stereocenters. The summed E-state index contributed by atoms with van der Waals surface area (Å²) in [6.07, 6.45) is 3.28. The van der Waals surface area contributed by atoms with Gasteiger partial charge in [-0.15, -0.1) is 0 Å². The van der Waals surface area contributed by atoms with E-state index in [0.717, 1.165) is 29.5 Å². The molecule has 0 bridgehead atoms. The van der Waals surface area contributed by atoms with Crippen molar-refractivity contribution in [3.8, 4) is 5.75 Å². The second-order valence-corrected chi connectivity index (χ2v) is 5.95. The molecular formula is C14H20BrNO. The molecule has 2 unspecified atom stereocenters. The zero-order valence-corrected chi connectivity index (χ0v) is 12.3. The third-order valence-electron chi connectivity index (χ3n) is 3.47. The fourth-order valence-corrected chi connectivity index (χ4v) is 3.05. The number of hydrogen-bond acceptors (Lipinski definition) is 2. The second kappa shape index (κ2) is 4.99. The van der Waals surface area contributed by atoms with Gasteiger partial charge >= 0.3 is 0 Å². The van der Waals surface area contributed by atoms with E-state index in [1.165, 1.54) is 5.56 Å². The summed E-state index contributed by atoms with van der Waals surface area (Å²) in [5.74, 6) is 1.02. The molecule has 0 radical (unpaired) electrons. The lowest BCUT2D eigenvalue weighted by atomic mass is 9.85. The van der Waals surface area contributed by atoms with E-state index < -0.39 is 0 Å². The third-order valence-corrected chi connectivity index (χ3v) is 3.96. The van der Waals surface area contributed by atoms with E-state index in [2.05, 4.69) is 47.2 Å². The van der Waals surface area contributed by atoms with Crippen LogP contribution < -0.4 is 10.1 Å². The largest absolute Gasteiger partial charge is 0.487 e. The van der Waals surface area contributed by atoms with E-state index >= 15 is 0 Å². The van der Waals surface area contributed by atoms with E-state index in [1.807, 2.05) is 13.1 Å². The number of rotatable bonds is 3. The quantitative estimate of drug-likeness (QED) is 0.909. The molecule has 0 aliphatic carbocycles. The first kappa shape index (κ1) is 12.9. The Kier molecular flexibility index (Phi) is 3.79. The first-order valence-electron chi connectivity index (χ1n) is 6.24. The Labute approximate surface area is 112 Å². The molecular weight excluding hydrogens is 278 g/mol. The van der Waals surface area contributed by atoms with Crippen molar-refractivity contribution in [2.75, 3.05) is 7.05 Å². The second-order valence-electron chi connectivity index (χ2n) is 5.03. The van der Waals surface area contributed by atoms with Crippen molar-refractivity contribution in [1.29, 1.82) is 0 Å². The van der Waals surface area contributed by atoms with Gasteiger partial charge in [0.15, 0.2) is 0 Å². The molecule has 1 aromatic rings. The van der Waals surface area contributed by atoms with Crippen molar-refractivity contribution in [2.45, 2.75) is 44.8 Å². The molecule has 1 N–H and O–H groups in total. The molecule has 1 aliphatic rings. The zero-order chi connectivity index (χ0) is 12.5. The summed E-state index contributed by atoms with van der Waals surface area (Å²) in [5.41, 5.74) is 1.22. The van der Waals surface area contributed by atoms with Crippen LogP contribution in [0.2, 0.25) is 0 Å². The molecule has 1 aliphatic heterocycles. The molecule has 2 rings (SSSR count). The monoisotopic (exact) mass is 297 g/mol. The minimum atomic E-state index is -0.0384. The van der Waals surface area contributed by atoms with E-state index in [-0.39, 0.29) is 5.60 Å². The molecule has 3 heteroatoms. The van der Waals surface area contributed by atoms with Crippen LogP contribution in [-0.2, 0) is 0 Å². The van der Waals surface area contributed by atoms with Crippen LogP contribution in [0.1, 0.15) is 44.7 Å². The molecule has 1 heterocycles. The van der Waals surface area contributed by atoms with Crippen LogP contribution >= 0.6 is 15.9 Å². The maximum absolute atomic E-state index is 6.19. The average molecular weight is 298 g/mol. The van der Waals surface area contributed by atoms with Crippen molar-refractivity contribution in [1.82, 2.24) is 5.32 Å². The summed E-state index contributed by atoms with van der Waals surface area (Å²) >= 11 is 3.52. The Morgan fingerprint density at radius 1 is 1.53 bits per heavy atom. The van der Waals surface area contributed by atoms with Crippen molar-refractivity contribution in [3.63, 3.8) is 0 Å². The highest BCUT2D eigenvalue weighted by Crippen LogP contribution is 2.42. The minimum Gasteiger partial charge on any atom is -0.487 e. The van der Waals surface area contributed by atoms with Gasteiger partial charge in [-0.1, -0.05) is 29.3 Å². The van der Waals surface area contributed by atoms with E-state index in [0.29, 0.717) is 6.04 Å². The zero-order valence-electron chi connectivity index (χ0n) is 10.7. The average Bonchev–Trinajstić information content (AvgIpc) is 2.29. The smallest absolute Gasteiger partial charge is 0.124 e. The minimum absolute atomic E-state index is 0.0384. The predicted octanol–water partition coefficient (Wildman–Crippen LogP) is 4.05. The Balaban J connectivity index is 2.35. The lowest BCUT2D eigenvalue weighted by molar-refractivity contribution is 0.0402. The van der Waals surface area contributed by atoms with Crippen LogP contribution in [0.15, 0.2) is 22.7 Å². The van der Waals surface area contributed by atoms with Gasteiger partial charge < -0.3 is 10.1 Å². The predicted molar refractivity (Wildman–Crippen MR) is 74.5 cm³/mol. The number of hydrogen-bond donors (Lipinski definition) is 1. The van der Waals surface area contributed by atoms with Gasteiger partial charge in [0.25, 0.3) is 0 Å². The fraction of sp³-hybridized carbons (Fsp3) is 0.571. The van der Waals surface area contributed by atoms with E-state index in [9.17, 15) is 0 Å². The standard InChI is InChI=1S/C14H20BrNO/c1-4-7-14(2)9-12(16-3)11-8-10(15)5-6-13(11)17-14/h5-6,8,12,16H,4,7,9H2,1-3H3. The molecule has 0 saturated carbocycles. The van der Waals surface area contributed by atoms with Gasteiger partial charge in [0.1, 0.15) is 11.4 Å². The molecule has 0 spiro atoms. The summed E-state index contributed by atoms with van der Waals surface area (Å²) < 4.78 is 7.30. The summed E-state index contributed by atoms with van der Waals surface area (Å²) in [4.78, 5) is 0. The molecule has 0 fully saturated rings. The van der Waals surface area contributed by atoms with Gasteiger partial charge in [-0.3, -0.25) is 0 Å². The SMILES string of the molecule is CCCC1(C)CC(NC)c2cc(Br)ccc2O1. The van der Waals surface area contributed by atoms with E-state index in [1.54, 1.807) is 0 Å². The molecule has 17 heavy (non-hydrogen) atoms. The molecule has 0 saturated heterocycles. The van der Waals surface area contributed by atoms with Crippen LogP contribution in [0, 0.1) is 0 Å². The number of ether oxygens (including phenoxy) is 1. The molecule has 2 nitrogen and oxygen atoms in total. The highest BCUT2D eigenvalue weighted by atomic mass is 79.9. The normalized spacial score (nSPS) is 27.4. The molecule has 0 amide bonds. The summed E-state index contributed by atoms with van der Waals surface area (Å²) in [6, 6.07) is 6.65. The number of halogens is 1. The molecule has 0 aromatic heterocycles. The fourth-order valence-electron chi connectivity index (χ4n) is 2.67. The van der Waals surface area contributed by atoms with E-state index in [4.69, 9.17) is 4.74 Å². The maximum Gasteiger partial charge on any atom is 0.124 e. The van der Waals surface area contributed by atoms with Gasteiger partial charge in [0, 0.05) is 22.5 Å². The summed E-state index contributed by atoms with van der Waals surface area (Å²) in [7, 11) is 2.02. The Morgan fingerprint density at radius 2 is 2.29 bits per heavy atom. The Hall–Kier alpha value is -0.540. The van der Waals surface area contributed by atoms with Crippen LogP contribution in [0.5, 0.6) is 5.75 Å². The van der Waals surface area contributed by atoms with Crippen molar-refractivity contribution in [2.24, 2.45) is 0 Å². The first-order chi connectivity index (χ1) is 8.08. The van der Waals surface area contributed by atoms with Gasteiger partial charge in [-0.25, -0.2) is 0 Å². The van der Waals surface area contributed by atoms with Crippen LogP contribution in [0.4, 0.5) is 0 Å². The number of nitrogens with one attached hydrogen (secondary N) is 1. The topological polar surface area (TPSA) is 21.3 Å². The van der Waals surface area contributed by atoms with Crippen LogP contribution in [0.3, 0.4) is 0 Å². The lowest BCUT2D eigenvalue weighted by Gasteiger charge is -2.40. The molecule has 94 valence electrons. The summed E-state index contributed by atoms with van der Waals surface area (Å²) in [5, 5.41) is 3.40. The van der Waals surface area contributed by atoms with Crippen molar-refractivity contribution >= 4 is 15.9 Å². The van der Waals surface area contributed by atoms with Crippen LogP contribution in [0.25, 0.3) is 0 Å². The molecule has 1 aromatic carbocycles. The number of fused-ring (bicyclic) bond motifs is 1. The van der Waals surface area contributed by atoms with Crippen LogP contribution in [-0.4, -0.2) is 12.6 Å². The first-order valence-corrected chi connectivity index (χ1v) is 7.03. The summed E-state index contributed by atoms with van der Waals surface area (Å²) in [6.45, 7) is 4.42. The van der Waals surface area contributed by atoms with Crippen molar-refractivity contribution < 1.29 is 4.74 Å². The van der Waals surface area contributed by atoms with Gasteiger partial charge in [0.2, 0.25) is 0 Å². The van der Waals surface area contributed by atoms with Gasteiger partial charge in [0.05, 0.1) is 0 Å². The maximum atomic E-state index is 6.19. The van der Waals surface area contributed by atoms with Crippen molar-refractivity contribution in [3.05, 3.63) is 28.2 Å². The Morgan fingerprint density at radius 3 is 2.94 bits per heavy atom. The highest BCUT2D eigenvalue weighted by Gasteiger charge is 2.35. The Bertz CT molecular complexity index is 407. The van der Waals surface area contributed by atoms with Gasteiger partial charge in [-0.2, -0.15) is 0 Å².